The summed E-state index contributed by atoms with van der Waals surface area (Å²) in [6.45, 7) is 1.42. The standard InChI is InChI=1S/C9H16N2O7S/c1-5(4-19(2,17)18)10-9(16)11-6(8(14)15)3-7(12)13/h5-6H,3-4H2,1-2H3,(H,12,13)(H,14,15)(H2,10,11,16). The van der Waals surface area contributed by atoms with Crippen molar-refractivity contribution in [1.29, 1.82) is 0 Å². The van der Waals surface area contributed by atoms with Gasteiger partial charge in [-0.05, 0) is 6.92 Å². The first-order valence-corrected chi connectivity index (χ1v) is 7.26. The van der Waals surface area contributed by atoms with Gasteiger partial charge in [0.1, 0.15) is 15.9 Å². The zero-order valence-electron chi connectivity index (χ0n) is 10.4. The number of urea groups is 1. The monoisotopic (exact) mass is 296 g/mol. The van der Waals surface area contributed by atoms with Gasteiger partial charge in [-0.2, -0.15) is 0 Å². The number of carbonyl (C=O) groups excluding carboxylic acids is 1. The van der Waals surface area contributed by atoms with Crippen molar-refractivity contribution in [3.8, 4) is 0 Å². The van der Waals surface area contributed by atoms with E-state index in [1.54, 1.807) is 0 Å². The number of carbonyl (C=O) groups is 3. The molecule has 10 heteroatoms. The summed E-state index contributed by atoms with van der Waals surface area (Å²) in [4.78, 5) is 32.4. The van der Waals surface area contributed by atoms with Crippen LogP contribution >= 0.6 is 0 Å². The molecule has 19 heavy (non-hydrogen) atoms. The van der Waals surface area contributed by atoms with Crippen molar-refractivity contribution in [1.82, 2.24) is 10.6 Å². The lowest BCUT2D eigenvalue weighted by atomic mass is 10.2. The highest BCUT2D eigenvalue weighted by atomic mass is 32.2. The predicted octanol–water partition coefficient (Wildman–Crippen LogP) is -1.35. The van der Waals surface area contributed by atoms with Crippen LogP contribution in [0.3, 0.4) is 0 Å². The molecule has 0 spiro atoms. The van der Waals surface area contributed by atoms with Crippen LogP contribution in [0, 0.1) is 0 Å². The van der Waals surface area contributed by atoms with Crippen LogP contribution in [0.25, 0.3) is 0 Å². The van der Waals surface area contributed by atoms with E-state index in [2.05, 4.69) is 5.32 Å². The third-order valence-corrected chi connectivity index (χ3v) is 3.02. The lowest BCUT2D eigenvalue weighted by Crippen LogP contribution is -2.50. The predicted molar refractivity (Wildman–Crippen MR) is 64.5 cm³/mol. The van der Waals surface area contributed by atoms with E-state index in [0.29, 0.717) is 0 Å². The van der Waals surface area contributed by atoms with Crippen LogP contribution in [0.1, 0.15) is 13.3 Å². The van der Waals surface area contributed by atoms with Crippen molar-refractivity contribution in [2.75, 3.05) is 12.0 Å². The molecule has 110 valence electrons. The van der Waals surface area contributed by atoms with Gasteiger partial charge in [0, 0.05) is 12.3 Å². The van der Waals surface area contributed by atoms with Crippen molar-refractivity contribution >= 4 is 27.8 Å². The summed E-state index contributed by atoms with van der Waals surface area (Å²) in [7, 11) is -3.29. The maximum atomic E-state index is 11.4. The van der Waals surface area contributed by atoms with E-state index in [4.69, 9.17) is 10.2 Å². The second-order valence-corrected chi connectivity index (χ2v) is 6.28. The van der Waals surface area contributed by atoms with Crippen LogP contribution in [0.5, 0.6) is 0 Å². The van der Waals surface area contributed by atoms with Gasteiger partial charge in [-0.25, -0.2) is 18.0 Å². The second kappa shape index (κ2) is 6.92. The van der Waals surface area contributed by atoms with E-state index < -0.39 is 46.3 Å². The number of carboxylic acids is 2. The molecule has 0 aromatic rings. The quantitative estimate of drug-likeness (QED) is 0.453. The lowest BCUT2D eigenvalue weighted by Gasteiger charge is -2.16. The molecule has 0 aromatic heterocycles. The van der Waals surface area contributed by atoms with Crippen LogP contribution in [-0.4, -0.2) is 60.7 Å². The first-order valence-electron chi connectivity index (χ1n) is 5.20. The zero-order valence-corrected chi connectivity index (χ0v) is 11.2. The fourth-order valence-electron chi connectivity index (χ4n) is 1.29. The first kappa shape index (κ1) is 17.2. The molecule has 0 fully saturated rings. The van der Waals surface area contributed by atoms with Crippen LogP contribution in [0.4, 0.5) is 4.79 Å². The highest BCUT2D eigenvalue weighted by Crippen LogP contribution is 1.94. The summed E-state index contributed by atoms with van der Waals surface area (Å²) in [5.41, 5.74) is 0. The molecule has 9 nitrogen and oxygen atoms in total. The number of hydrogen-bond donors (Lipinski definition) is 4. The molecule has 0 saturated carbocycles. The Labute approximate surface area is 109 Å². The number of aliphatic carboxylic acids is 2. The molecule has 0 aliphatic heterocycles. The number of carboxylic acid groups (broad SMARTS) is 2. The summed E-state index contributed by atoms with van der Waals surface area (Å²) in [5, 5.41) is 21.3. The van der Waals surface area contributed by atoms with Gasteiger partial charge in [0.2, 0.25) is 0 Å². The topological polar surface area (TPSA) is 150 Å². The van der Waals surface area contributed by atoms with Gasteiger partial charge in [-0.15, -0.1) is 0 Å². The van der Waals surface area contributed by atoms with Gasteiger partial charge < -0.3 is 20.8 Å². The minimum absolute atomic E-state index is 0.308. The van der Waals surface area contributed by atoms with Gasteiger partial charge in [-0.1, -0.05) is 0 Å². The SMILES string of the molecule is CC(CS(C)(=O)=O)NC(=O)NC(CC(=O)O)C(=O)O. The van der Waals surface area contributed by atoms with E-state index in [1.165, 1.54) is 6.92 Å². The molecule has 2 unspecified atom stereocenters. The van der Waals surface area contributed by atoms with E-state index in [-0.39, 0.29) is 5.75 Å². The van der Waals surface area contributed by atoms with Crippen molar-refractivity contribution in [2.45, 2.75) is 25.4 Å². The van der Waals surface area contributed by atoms with E-state index in [1.807, 2.05) is 5.32 Å². The lowest BCUT2D eigenvalue weighted by molar-refractivity contribution is -0.145. The summed E-state index contributed by atoms with van der Waals surface area (Å²) in [5.74, 6) is -3.18. The molecular weight excluding hydrogens is 280 g/mol. The van der Waals surface area contributed by atoms with E-state index in [0.717, 1.165) is 6.26 Å². The Bertz CT molecular complexity index is 459. The Morgan fingerprint density at radius 3 is 2.05 bits per heavy atom. The Hall–Kier alpha value is -1.84. The molecule has 0 aliphatic rings. The molecule has 0 aromatic carbocycles. The Kier molecular flexibility index (Phi) is 6.25. The highest BCUT2D eigenvalue weighted by molar-refractivity contribution is 7.90. The average Bonchev–Trinajstić information content (AvgIpc) is 2.11. The molecule has 0 saturated heterocycles. The molecule has 2 atom stereocenters. The van der Waals surface area contributed by atoms with Crippen LogP contribution in [-0.2, 0) is 19.4 Å². The van der Waals surface area contributed by atoms with Gasteiger partial charge in [0.05, 0.1) is 12.2 Å². The Balaban J connectivity index is 4.42. The maximum Gasteiger partial charge on any atom is 0.326 e. The molecule has 0 aliphatic carbocycles. The number of amides is 2. The number of sulfone groups is 1. The van der Waals surface area contributed by atoms with E-state index >= 15 is 0 Å². The van der Waals surface area contributed by atoms with Crippen molar-refractivity contribution in [3.63, 3.8) is 0 Å². The molecule has 0 rings (SSSR count). The van der Waals surface area contributed by atoms with Gasteiger partial charge in [0.15, 0.2) is 0 Å². The third-order valence-electron chi connectivity index (χ3n) is 1.91. The fourth-order valence-corrected chi connectivity index (χ4v) is 2.29. The largest absolute Gasteiger partial charge is 0.481 e. The van der Waals surface area contributed by atoms with Crippen LogP contribution in [0.15, 0.2) is 0 Å². The van der Waals surface area contributed by atoms with Crippen molar-refractivity contribution in [2.24, 2.45) is 0 Å². The molecule has 0 bridgehead atoms. The minimum Gasteiger partial charge on any atom is -0.481 e. The highest BCUT2D eigenvalue weighted by Gasteiger charge is 2.23. The summed E-state index contributed by atoms with van der Waals surface area (Å²) >= 11 is 0. The zero-order chi connectivity index (χ0) is 15.2. The van der Waals surface area contributed by atoms with Crippen molar-refractivity contribution in [3.05, 3.63) is 0 Å². The van der Waals surface area contributed by atoms with Crippen molar-refractivity contribution < 1.29 is 33.0 Å². The van der Waals surface area contributed by atoms with Crippen LogP contribution in [0.2, 0.25) is 0 Å². The fraction of sp³-hybridized carbons (Fsp3) is 0.667. The Morgan fingerprint density at radius 1 is 1.16 bits per heavy atom. The smallest absolute Gasteiger partial charge is 0.326 e. The second-order valence-electron chi connectivity index (χ2n) is 4.10. The minimum atomic E-state index is -3.29. The van der Waals surface area contributed by atoms with Gasteiger partial charge in [-0.3, -0.25) is 4.79 Å². The van der Waals surface area contributed by atoms with Gasteiger partial charge >= 0.3 is 18.0 Å². The summed E-state index contributed by atoms with van der Waals surface area (Å²) in [6.07, 6.45) is 0.219. The molecule has 2 amide bonds. The molecule has 0 heterocycles. The first-order chi connectivity index (χ1) is 8.51. The third kappa shape index (κ3) is 8.83. The van der Waals surface area contributed by atoms with Gasteiger partial charge in [0.25, 0.3) is 0 Å². The summed E-state index contributed by atoms with van der Waals surface area (Å²) < 4.78 is 21.9. The Morgan fingerprint density at radius 2 is 1.68 bits per heavy atom. The molecule has 4 N–H and O–H groups in total. The average molecular weight is 296 g/mol. The summed E-state index contributed by atoms with van der Waals surface area (Å²) in [6, 6.07) is -3.25. The number of hydrogen-bond acceptors (Lipinski definition) is 5. The van der Waals surface area contributed by atoms with E-state index in [9.17, 15) is 22.8 Å². The van der Waals surface area contributed by atoms with Crippen LogP contribution < -0.4 is 10.6 Å². The number of nitrogens with one attached hydrogen (secondary N) is 2. The number of rotatable bonds is 7. The maximum absolute atomic E-state index is 11.4. The molecule has 0 radical (unpaired) electrons. The molecular formula is C9H16N2O7S. The normalized spacial score (nSPS) is 14.2.